The summed E-state index contributed by atoms with van der Waals surface area (Å²) < 4.78 is 3.31. The maximum absolute atomic E-state index is 12.7. The van der Waals surface area contributed by atoms with Crippen molar-refractivity contribution in [3.63, 3.8) is 0 Å². The van der Waals surface area contributed by atoms with E-state index >= 15 is 0 Å². The first kappa shape index (κ1) is 16.0. The first-order valence-electron chi connectivity index (χ1n) is 8.42. The van der Waals surface area contributed by atoms with Gasteiger partial charge >= 0.3 is 0 Å². The molecule has 0 aliphatic rings. The Balaban J connectivity index is 1.71. The first-order valence-corrected chi connectivity index (χ1v) is 8.42. The van der Waals surface area contributed by atoms with Crippen molar-refractivity contribution in [2.24, 2.45) is 7.05 Å². The number of nitrogens with zero attached hydrogens (tertiary/aromatic N) is 4. The lowest BCUT2D eigenvalue weighted by Gasteiger charge is -2.02. The normalized spacial score (nSPS) is 11.4. The second-order valence-corrected chi connectivity index (χ2v) is 6.13. The first-order chi connectivity index (χ1) is 12.7. The van der Waals surface area contributed by atoms with Crippen LogP contribution in [0.4, 0.5) is 0 Å². The molecule has 4 aromatic rings. The quantitative estimate of drug-likeness (QED) is 0.571. The van der Waals surface area contributed by atoms with Crippen LogP contribution in [0.5, 0.6) is 0 Å². The molecule has 2 heterocycles. The lowest BCUT2D eigenvalue weighted by molar-refractivity contribution is 0.693. The van der Waals surface area contributed by atoms with Gasteiger partial charge in [-0.15, -0.1) is 0 Å². The third-order valence-electron chi connectivity index (χ3n) is 4.25. The van der Waals surface area contributed by atoms with Gasteiger partial charge in [-0.3, -0.25) is 14.0 Å². The monoisotopic (exact) mass is 342 g/mol. The van der Waals surface area contributed by atoms with Crippen LogP contribution in [0.25, 0.3) is 23.2 Å². The van der Waals surface area contributed by atoms with Gasteiger partial charge in [0.15, 0.2) is 5.65 Å². The Labute approximate surface area is 150 Å². The summed E-state index contributed by atoms with van der Waals surface area (Å²) in [5.74, 6) is 0.580. The Bertz CT molecular complexity index is 1130. The number of rotatable bonds is 4. The van der Waals surface area contributed by atoms with Crippen LogP contribution in [0.2, 0.25) is 0 Å². The van der Waals surface area contributed by atoms with Crippen molar-refractivity contribution in [3.8, 4) is 0 Å². The fourth-order valence-electron chi connectivity index (χ4n) is 2.85. The molecule has 26 heavy (non-hydrogen) atoms. The minimum atomic E-state index is -0.0953. The standard InChI is InChI=1S/C21H18N4O/c1-24-19(13-12-16-8-4-2-5-9-16)22-20-18(21(24)26)15-25(23-20)14-17-10-6-3-7-11-17/h2-13,15H,14H2,1H3/b13-12+. The molecular weight excluding hydrogens is 324 g/mol. The average molecular weight is 342 g/mol. The molecule has 0 radical (unpaired) electrons. The van der Waals surface area contributed by atoms with Crippen molar-refractivity contribution in [1.29, 1.82) is 0 Å². The summed E-state index contributed by atoms with van der Waals surface area (Å²) in [6.45, 7) is 0.607. The highest BCUT2D eigenvalue weighted by Gasteiger charge is 2.10. The number of aromatic nitrogens is 4. The predicted octanol–water partition coefficient (Wildman–Crippen LogP) is 3.35. The smallest absolute Gasteiger partial charge is 0.264 e. The van der Waals surface area contributed by atoms with E-state index < -0.39 is 0 Å². The average Bonchev–Trinajstić information content (AvgIpc) is 3.08. The van der Waals surface area contributed by atoms with Crippen molar-refractivity contribution in [3.05, 3.63) is 94.2 Å². The van der Waals surface area contributed by atoms with Crippen molar-refractivity contribution in [1.82, 2.24) is 19.3 Å². The molecule has 2 aromatic carbocycles. The molecule has 0 bridgehead atoms. The van der Waals surface area contributed by atoms with E-state index in [-0.39, 0.29) is 5.56 Å². The molecule has 0 atom stereocenters. The summed E-state index contributed by atoms with van der Waals surface area (Å²) in [4.78, 5) is 17.2. The lowest BCUT2D eigenvalue weighted by Crippen LogP contribution is -2.20. The van der Waals surface area contributed by atoms with Gasteiger partial charge < -0.3 is 0 Å². The van der Waals surface area contributed by atoms with E-state index in [2.05, 4.69) is 10.1 Å². The van der Waals surface area contributed by atoms with E-state index in [1.807, 2.05) is 72.8 Å². The van der Waals surface area contributed by atoms with Crippen LogP contribution in [0.15, 0.2) is 71.7 Å². The minimum Gasteiger partial charge on any atom is -0.296 e. The van der Waals surface area contributed by atoms with Crippen molar-refractivity contribution < 1.29 is 0 Å². The Morgan fingerprint density at radius 2 is 1.65 bits per heavy atom. The zero-order valence-corrected chi connectivity index (χ0v) is 14.4. The zero-order valence-electron chi connectivity index (χ0n) is 14.4. The van der Waals surface area contributed by atoms with Gasteiger partial charge in [0.05, 0.1) is 6.54 Å². The molecule has 0 saturated carbocycles. The number of hydrogen-bond acceptors (Lipinski definition) is 3. The van der Waals surface area contributed by atoms with Crippen molar-refractivity contribution in [2.75, 3.05) is 0 Å². The predicted molar refractivity (Wildman–Crippen MR) is 104 cm³/mol. The van der Waals surface area contributed by atoms with E-state index in [0.717, 1.165) is 11.1 Å². The van der Waals surface area contributed by atoms with Crippen LogP contribution in [-0.4, -0.2) is 19.3 Å². The zero-order chi connectivity index (χ0) is 17.9. The molecule has 0 saturated heterocycles. The summed E-state index contributed by atoms with van der Waals surface area (Å²) in [6, 6.07) is 19.9. The Kier molecular flexibility index (Phi) is 4.19. The lowest BCUT2D eigenvalue weighted by atomic mass is 10.2. The highest BCUT2D eigenvalue weighted by Crippen LogP contribution is 2.11. The molecule has 128 valence electrons. The molecule has 0 aliphatic carbocycles. The third kappa shape index (κ3) is 3.19. The van der Waals surface area contributed by atoms with Crippen LogP contribution in [0.1, 0.15) is 17.0 Å². The largest absolute Gasteiger partial charge is 0.296 e. The van der Waals surface area contributed by atoms with Crippen molar-refractivity contribution >= 4 is 23.2 Å². The van der Waals surface area contributed by atoms with Gasteiger partial charge in [0.25, 0.3) is 5.56 Å². The second kappa shape index (κ2) is 6.80. The molecule has 0 fully saturated rings. The van der Waals surface area contributed by atoms with E-state index in [9.17, 15) is 4.79 Å². The van der Waals surface area contributed by atoms with Gasteiger partial charge in [0, 0.05) is 13.2 Å². The molecule has 0 amide bonds. The van der Waals surface area contributed by atoms with Gasteiger partial charge in [-0.25, -0.2) is 4.98 Å². The van der Waals surface area contributed by atoms with Crippen LogP contribution in [0, 0.1) is 0 Å². The summed E-state index contributed by atoms with van der Waals surface area (Å²) in [5, 5.41) is 5.01. The maximum Gasteiger partial charge on any atom is 0.264 e. The fraction of sp³-hybridized carbons (Fsp3) is 0.0952. The molecule has 2 aromatic heterocycles. The Morgan fingerprint density at radius 1 is 0.962 bits per heavy atom. The summed E-state index contributed by atoms with van der Waals surface area (Å²) >= 11 is 0. The maximum atomic E-state index is 12.7. The van der Waals surface area contributed by atoms with Gasteiger partial charge in [-0.2, -0.15) is 5.10 Å². The minimum absolute atomic E-state index is 0.0953. The molecule has 5 nitrogen and oxygen atoms in total. The molecule has 0 N–H and O–H groups in total. The van der Waals surface area contributed by atoms with Crippen LogP contribution >= 0.6 is 0 Å². The molecule has 0 unspecified atom stereocenters. The van der Waals surface area contributed by atoms with Crippen molar-refractivity contribution in [2.45, 2.75) is 6.54 Å². The van der Waals surface area contributed by atoms with Crippen LogP contribution in [-0.2, 0) is 13.6 Å². The highest BCUT2D eigenvalue weighted by atomic mass is 16.1. The number of fused-ring (bicyclic) bond motifs is 1. The molecule has 4 rings (SSSR count). The Morgan fingerprint density at radius 3 is 2.38 bits per heavy atom. The van der Waals surface area contributed by atoms with Gasteiger partial charge in [0.2, 0.25) is 0 Å². The second-order valence-electron chi connectivity index (χ2n) is 6.13. The molecule has 5 heteroatoms. The van der Waals surface area contributed by atoms with Crippen LogP contribution < -0.4 is 5.56 Å². The van der Waals surface area contributed by atoms with Gasteiger partial charge in [-0.05, 0) is 17.2 Å². The van der Waals surface area contributed by atoms with E-state index in [1.165, 1.54) is 0 Å². The third-order valence-corrected chi connectivity index (χ3v) is 4.25. The highest BCUT2D eigenvalue weighted by molar-refractivity contribution is 5.75. The molecular formula is C21H18N4O. The van der Waals surface area contributed by atoms with E-state index in [1.54, 1.807) is 22.5 Å². The van der Waals surface area contributed by atoms with Gasteiger partial charge in [0.1, 0.15) is 11.2 Å². The summed E-state index contributed by atoms with van der Waals surface area (Å²) in [7, 11) is 1.73. The van der Waals surface area contributed by atoms with E-state index in [4.69, 9.17) is 0 Å². The Hall–Kier alpha value is -3.47. The molecule has 0 spiro atoms. The SMILES string of the molecule is Cn1c(/C=C/c2ccccc2)nc2nn(Cc3ccccc3)cc2c1=O. The number of hydrogen-bond donors (Lipinski definition) is 0. The molecule has 0 aliphatic heterocycles. The van der Waals surface area contributed by atoms with Crippen LogP contribution in [0.3, 0.4) is 0 Å². The fourth-order valence-corrected chi connectivity index (χ4v) is 2.85. The summed E-state index contributed by atoms with van der Waals surface area (Å²) in [5.41, 5.74) is 2.55. The van der Waals surface area contributed by atoms with E-state index in [0.29, 0.717) is 23.4 Å². The topological polar surface area (TPSA) is 52.7 Å². The summed E-state index contributed by atoms with van der Waals surface area (Å²) in [6.07, 6.45) is 5.54. The number of benzene rings is 2. The van der Waals surface area contributed by atoms with Gasteiger partial charge in [-0.1, -0.05) is 66.7 Å².